The number of carbonyl (C=O) groups excluding carboxylic acids is 2. The van der Waals surface area contributed by atoms with Crippen LogP contribution in [0.2, 0.25) is 0 Å². The Balaban J connectivity index is 1.38. The third-order valence-electron chi connectivity index (χ3n) is 6.03. The van der Waals surface area contributed by atoms with Gasteiger partial charge >= 0.3 is 0 Å². The van der Waals surface area contributed by atoms with Gasteiger partial charge in [-0.3, -0.25) is 9.59 Å². The molecule has 25 heavy (non-hydrogen) atoms. The van der Waals surface area contributed by atoms with Crippen LogP contribution in [-0.2, 0) is 22.6 Å². The number of hydrogen-bond donors (Lipinski definition) is 1. The summed E-state index contributed by atoms with van der Waals surface area (Å²) >= 11 is 0. The molecule has 130 valence electrons. The maximum atomic E-state index is 13.0. The summed E-state index contributed by atoms with van der Waals surface area (Å²) in [5.74, 6) is 0.173. The van der Waals surface area contributed by atoms with E-state index in [-0.39, 0.29) is 17.7 Å². The van der Waals surface area contributed by atoms with Gasteiger partial charge in [-0.2, -0.15) is 0 Å². The molecular weight excluding hydrogens is 314 g/mol. The number of hydrogen-bond acceptors (Lipinski definition) is 2. The zero-order valence-corrected chi connectivity index (χ0v) is 14.5. The van der Waals surface area contributed by atoms with Crippen molar-refractivity contribution in [1.29, 1.82) is 0 Å². The van der Waals surface area contributed by atoms with Crippen LogP contribution in [-0.4, -0.2) is 45.7 Å². The van der Waals surface area contributed by atoms with Gasteiger partial charge < -0.3 is 14.8 Å². The van der Waals surface area contributed by atoms with Crippen molar-refractivity contribution < 1.29 is 9.59 Å². The number of carbonyl (C=O) groups is 2. The van der Waals surface area contributed by atoms with Crippen LogP contribution in [0.1, 0.15) is 36.1 Å². The molecule has 5 nitrogen and oxygen atoms in total. The molecule has 5 rings (SSSR count). The summed E-state index contributed by atoms with van der Waals surface area (Å²) in [6.07, 6.45) is 3.47. The lowest BCUT2D eigenvalue weighted by atomic mass is 10.0. The number of benzene rings is 1. The molecule has 2 aliphatic heterocycles. The molecule has 1 N–H and O–H groups in total. The lowest BCUT2D eigenvalue weighted by molar-refractivity contribution is -0.136. The number of aromatic nitrogens is 1. The van der Waals surface area contributed by atoms with E-state index in [1.807, 2.05) is 9.80 Å². The van der Waals surface area contributed by atoms with E-state index >= 15 is 0 Å². The molecule has 1 atom stereocenters. The molecule has 1 saturated heterocycles. The van der Waals surface area contributed by atoms with Crippen molar-refractivity contribution in [3.63, 3.8) is 0 Å². The van der Waals surface area contributed by atoms with Gasteiger partial charge in [0.1, 0.15) is 0 Å². The second kappa shape index (κ2) is 5.35. The van der Waals surface area contributed by atoms with Gasteiger partial charge in [0.05, 0.1) is 5.92 Å². The third kappa shape index (κ3) is 2.36. The summed E-state index contributed by atoms with van der Waals surface area (Å²) in [6, 6.07) is 6.74. The molecule has 2 fully saturated rings. The minimum atomic E-state index is -0.151. The second-order valence-corrected chi connectivity index (χ2v) is 7.77. The van der Waals surface area contributed by atoms with E-state index in [1.54, 1.807) is 0 Å². The van der Waals surface area contributed by atoms with Crippen LogP contribution in [0.5, 0.6) is 0 Å². The number of aryl methyl sites for hydroxylation is 1. The minimum Gasteiger partial charge on any atom is -0.358 e. The van der Waals surface area contributed by atoms with Crippen molar-refractivity contribution >= 4 is 22.7 Å². The molecule has 3 aliphatic rings. The van der Waals surface area contributed by atoms with Crippen LogP contribution < -0.4 is 0 Å². The van der Waals surface area contributed by atoms with Crippen molar-refractivity contribution in [2.45, 2.75) is 45.2 Å². The Morgan fingerprint density at radius 3 is 2.92 bits per heavy atom. The minimum absolute atomic E-state index is 0.151. The van der Waals surface area contributed by atoms with Gasteiger partial charge in [-0.15, -0.1) is 0 Å². The number of likely N-dealkylation sites (tertiary alicyclic amines) is 1. The van der Waals surface area contributed by atoms with Crippen molar-refractivity contribution in [2.75, 3.05) is 13.1 Å². The zero-order chi connectivity index (χ0) is 17.1. The Kier molecular flexibility index (Phi) is 3.21. The maximum absolute atomic E-state index is 13.0. The fourth-order valence-electron chi connectivity index (χ4n) is 4.47. The summed E-state index contributed by atoms with van der Waals surface area (Å²) in [5.41, 5.74) is 4.95. The van der Waals surface area contributed by atoms with Gasteiger partial charge in [-0.1, -0.05) is 18.2 Å². The lowest BCUT2D eigenvalue weighted by Gasteiger charge is -2.29. The molecule has 0 radical (unpaired) electrons. The fraction of sp³-hybridized carbons (Fsp3) is 0.500. The van der Waals surface area contributed by atoms with Crippen LogP contribution >= 0.6 is 0 Å². The van der Waals surface area contributed by atoms with Gasteiger partial charge in [0.2, 0.25) is 11.8 Å². The van der Waals surface area contributed by atoms with Gasteiger partial charge in [0.15, 0.2) is 0 Å². The summed E-state index contributed by atoms with van der Waals surface area (Å²) in [7, 11) is 0. The number of fused-ring (bicyclic) bond motifs is 3. The first kappa shape index (κ1) is 15.0. The van der Waals surface area contributed by atoms with E-state index in [9.17, 15) is 9.59 Å². The highest BCUT2D eigenvalue weighted by Gasteiger charge is 2.43. The number of H-pyrrole nitrogens is 1. The molecule has 1 aliphatic carbocycles. The van der Waals surface area contributed by atoms with Crippen molar-refractivity contribution in [2.24, 2.45) is 5.92 Å². The first-order valence-corrected chi connectivity index (χ1v) is 9.29. The molecule has 0 unspecified atom stereocenters. The Morgan fingerprint density at radius 1 is 1.28 bits per heavy atom. The molecule has 3 heterocycles. The lowest BCUT2D eigenvalue weighted by Crippen LogP contribution is -2.40. The second-order valence-electron chi connectivity index (χ2n) is 7.77. The highest BCUT2D eigenvalue weighted by molar-refractivity contribution is 5.91. The van der Waals surface area contributed by atoms with Crippen LogP contribution in [0.25, 0.3) is 10.9 Å². The van der Waals surface area contributed by atoms with Gasteiger partial charge in [-0.05, 0) is 25.3 Å². The van der Waals surface area contributed by atoms with E-state index in [0.717, 1.165) is 25.8 Å². The highest BCUT2D eigenvalue weighted by atomic mass is 16.2. The Hall–Kier alpha value is -2.30. The van der Waals surface area contributed by atoms with Crippen LogP contribution in [0.4, 0.5) is 0 Å². The van der Waals surface area contributed by atoms with Gasteiger partial charge in [0, 0.05) is 60.7 Å². The standard InChI is InChI=1S/C20H23N3O2/c1-12-3-2-4-15-16-11-22(8-7-17(16)21-19(12)15)20(25)13-9-18(24)23(10-13)14-5-6-14/h2-4,13-14,21H,5-11H2,1H3/t13-/m1/s1. The summed E-state index contributed by atoms with van der Waals surface area (Å²) < 4.78 is 0. The Morgan fingerprint density at radius 2 is 2.12 bits per heavy atom. The summed E-state index contributed by atoms with van der Waals surface area (Å²) in [5, 5.41) is 1.23. The van der Waals surface area contributed by atoms with Crippen LogP contribution in [0, 0.1) is 12.8 Å². The Bertz CT molecular complexity index is 880. The predicted octanol–water partition coefficient (Wildman–Crippen LogP) is 2.37. The SMILES string of the molecule is Cc1cccc2c3c([nH]c12)CCN(C(=O)[C@@H]1CC(=O)N(C2CC2)C1)C3. The average Bonchev–Trinajstić information content (AvgIpc) is 3.28. The molecular formula is C20H23N3O2. The first-order valence-electron chi connectivity index (χ1n) is 9.29. The average molecular weight is 337 g/mol. The molecule has 1 saturated carbocycles. The number of nitrogens with one attached hydrogen (secondary N) is 1. The normalized spacial score (nSPS) is 23.4. The van der Waals surface area contributed by atoms with Crippen molar-refractivity contribution in [3.05, 3.63) is 35.0 Å². The third-order valence-corrected chi connectivity index (χ3v) is 6.03. The molecule has 0 bridgehead atoms. The van der Waals surface area contributed by atoms with Gasteiger partial charge in [0.25, 0.3) is 0 Å². The van der Waals surface area contributed by atoms with E-state index in [0.29, 0.717) is 25.6 Å². The molecule has 2 aromatic rings. The fourth-order valence-corrected chi connectivity index (χ4v) is 4.47. The van der Waals surface area contributed by atoms with Crippen LogP contribution in [0.3, 0.4) is 0 Å². The summed E-state index contributed by atoms with van der Waals surface area (Å²) in [4.78, 5) is 32.6. The number of aromatic amines is 1. The first-order chi connectivity index (χ1) is 12.1. The highest BCUT2D eigenvalue weighted by Crippen LogP contribution is 2.34. The largest absolute Gasteiger partial charge is 0.358 e. The number of rotatable bonds is 2. The quantitative estimate of drug-likeness (QED) is 0.915. The molecule has 1 aromatic heterocycles. The topological polar surface area (TPSA) is 56.4 Å². The molecule has 2 amide bonds. The van der Waals surface area contributed by atoms with E-state index in [4.69, 9.17) is 0 Å². The van der Waals surface area contributed by atoms with Crippen LogP contribution in [0.15, 0.2) is 18.2 Å². The smallest absolute Gasteiger partial charge is 0.228 e. The monoisotopic (exact) mass is 337 g/mol. The number of amides is 2. The van der Waals surface area contributed by atoms with Crippen molar-refractivity contribution in [3.8, 4) is 0 Å². The molecule has 1 aromatic carbocycles. The molecule has 5 heteroatoms. The Labute approximate surface area is 147 Å². The molecule has 0 spiro atoms. The number of para-hydroxylation sites is 1. The van der Waals surface area contributed by atoms with E-state index in [1.165, 1.54) is 27.7 Å². The zero-order valence-electron chi connectivity index (χ0n) is 14.5. The number of nitrogens with zero attached hydrogens (tertiary/aromatic N) is 2. The predicted molar refractivity (Wildman–Crippen MR) is 95.0 cm³/mol. The maximum Gasteiger partial charge on any atom is 0.228 e. The van der Waals surface area contributed by atoms with Crippen molar-refractivity contribution in [1.82, 2.24) is 14.8 Å². The van der Waals surface area contributed by atoms with E-state index < -0.39 is 0 Å². The van der Waals surface area contributed by atoms with E-state index in [2.05, 4.69) is 30.1 Å². The van der Waals surface area contributed by atoms with Gasteiger partial charge in [-0.25, -0.2) is 0 Å². The summed E-state index contributed by atoms with van der Waals surface area (Å²) in [6.45, 7) is 4.14.